The number of benzene rings is 1. The first-order valence-corrected chi connectivity index (χ1v) is 7.78. The molecule has 0 bridgehead atoms. The van der Waals surface area contributed by atoms with E-state index in [2.05, 4.69) is 5.32 Å². The molecular formula is C13H20N2O3S. The van der Waals surface area contributed by atoms with E-state index in [1.54, 1.807) is 18.2 Å². The van der Waals surface area contributed by atoms with E-state index in [9.17, 15) is 13.2 Å². The maximum atomic E-state index is 12.0. The van der Waals surface area contributed by atoms with Gasteiger partial charge in [0.15, 0.2) is 9.84 Å². The molecule has 0 aliphatic rings. The fraction of sp³-hybridized carbons (Fsp3) is 0.462. The van der Waals surface area contributed by atoms with E-state index in [0.29, 0.717) is 0 Å². The highest BCUT2D eigenvalue weighted by atomic mass is 32.2. The van der Waals surface area contributed by atoms with E-state index in [0.717, 1.165) is 6.26 Å². The average molecular weight is 284 g/mol. The van der Waals surface area contributed by atoms with Gasteiger partial charge in [-0.05, 0) is 17.5 Å². The van der Waals surface area contributed by atoms with Crippen LogP contribution in [0.3, 0.4) is 0 Å². The van der Waals surface area contributed by atoms with E-state index in [1.165, 1.54) is 6.07 Å². The van der Waals surface area contributed by atoms with Gasteiger partial charge in [-0.1, -0.05) is 32.9 Å². The molecule has 0 spiro atoms. The highest BCUT2D eigenvalue weighted by Gasteiger charge is 2.28. The van der Waals surface area contributed by atoms with Gasteiger partial charge in [0, 0.05) is 6.26 Å². The molecule has 0 heterocycles. The number of amides is 1. The van der Waals surface area contributed by atoms with Crippen LogP contribution in [0.2, 0.25) is 0 Å². The van der Waals surface area contributed by atoms with Gasteiger partial charge in [0.1, 0.15) is 0 Å². The molecule has 0 aliphatic carbocycles. The highest BCUT2D eigenvalue weighted by molar-refractivity contribution is 7.90. The number of hydrogen-bond acceptors (Lipinski definition) is 4. The number of carbonyl (C=O) groups is 1. The lowest BCUT2D eigenvalue weighted by Gasteiger charge is -2.26. The summed E-state index contributed by atoms with van der Waals surface area (Å²) < 4.78 is 23.2. The van der Waals surface area contributed by atoms with Crippen molar-refractivity contribution in [1.82, 2.24) is 0 Å². The third-order valence-corrected chi connectivity index (χ3v) is 3.91. The zero-order valence-electron chi connectivity index (χ0n) is 11.6. The van der Waals surface area contributed by atoms with Gasteiger partial charge < -0.3 is 11.1 Å². The Morgan fingerprint density at radius 2 is 1.79 bits per heavy atom. The molecule has 1 amide bonds. The first-order chi connectivity index (χ1) is 8.53. The van der Waals surface area contributed by atoms with Gasteiger partial charge >= 0.3 is 0 Å². The van der Waals surface area contributed by atoms with Gasteiger partial charge in [0.25, 0.3) is 0 Å². The predicted molar refractivity (Wildman–Crippen MR) is 75.6 cm³/mol. The van der Waals surface area contributed by atoms with E-state index in [4.69, 9.17) is 5.73 Å². The first-order valence-electron chi connectivity index (χ1n) is 5.89. The number of carbonyl (C=O) groups excluding carboxylic acids is 1. The smallest absolute Gasteiger partial charge is 0.241 e. The Morgan fingerprint density at radius 1 is 1.26 bits per heavy atom. The van der Waals surface area contributed by atoms with Crippen LogP contribution < -0.4 is 11.1 Å². The molecule has 106 valence electrons. The van der Waals surface area contributed by atoms with Gasteiger partial charge in [-0.2, -0.15) is 0 Å². The van der Waals surface area contributed by atoms with Crippen molar-refractivity contribution in [3.8, 4) is 0 Å². The predicted octanol–water partition coefficient (Wildman–Crippen LogP) is 1.40. The maximum absolute atomic E-state index is 12.0. The molecule has 1 atom stereocenters. The van der Waals surface area contributed by atoms with E-state index in [-0.39, 0.29) is 10.6 Å². The number of anilines is 1. The minimum atomic E-state index is -3.40. The fourth-order valence-corrected chi connectivity index (χ4v) is 2.34. The standard InChI is InChI=1S/C13H20N2O3S/c1-13(2,3)11(14)12(16)15-9-7-5-6-8-10(9)19(4,17)18/h5-8,11H,14H2,1-4H3,(H,15,16)/t11-/m0/s1. The Hall–Kier alpha value is -1.40. The highest BCUT2D eigenvalue weighted by Crippen LogP contribution is 2.23. The van der Waals surface area contributed by atoms with Gasteiger partial charge in [-0.15, -0.1) is 0 Å². The molecule has 1 aromatic rings. The van der Waals surface area contributed by atoms with Crippen molar-refractivity contribution >= 4 is 21.4 Å². The lowest BCUT2D eigenvalue weighted by molar-refractivity contribution is -0.119. The summed E-state index contributed by atoms with van der Waals surface area (Å²) in [6, 6.07) is 5.54. The van der Waals surface area contributed by atoms with Crippen LogP contribution in [0, 0.1) is 5.41 Å². The second-order valence-corrected chi connectivity index (χ2v) is 7.59. The van der Waals surface area contributed by atoms with Crippen molar-refractivity contribution in [2.24, 2.45) is 11.1 Å². The number of para-hydroxylation sites is 1. The Morgan fingerprint density at radius 3 is 2.26 bits per heavy atom. The summed E-state index contributed by atoms with van der Waals surface area (Å²) >= 11 is 0. The summed E-state index contributed by atoms with van der Waals surface area (Å²) in [5, 5.41) is 2.58. The zero-order valence-corrected chi connectivity index (χ0v) is 12.4. The zero-order chi connectivity index (χ0) is 14.8. The first kappa shape index (κ1) is 15.7. The SMILES string of the molecule is CC(C)(C)[C@@H](N)C(=O)Nc1ccccc1S(C)(=O)=O. The van der Waals surface area contributed by atoms with E-state index in [1.807, 2.05) is 20.8 Å². The number of hydrogen-bond donors (Lipinski definition) is 2. The minimum absolute atomic E-state index is 0.0875. The molecule has 0 fully saturated rings. The molecule has 6 heteroatoms. The molecule has 5 nitrogen and oxygen atoms in total. The topological polar surface area (TPSA) is 89.3 Å². The molecule has 0 saturated carbocycles. The molecule has 1 aromatic carbocycles. The summed E-state index contributed by atoms with van der Waals surface area (Å²) in [5.41, 5.74) is 5.70. The van der Waals surface area contributed by atoms with Crippen molar-refractivity contribution in [1.29, 1.82) is 0 Å². The van der Waals surface area contributed by atoms with E-state index < -0.39 is 27.2 Å². The number of nitrogens with two attached hydrogens (primary N) is 1. The third-order valence-electron chi connectivity index (χ3n) is 2.76. The van der Waals surface area contributed by atoms with E-state index >= 15 is 0 Å². The third kappa shape index (κ3) is 4.04. The van der Waals surface area contributed by atoms with Crippen molar-refractivity contribution < 1.29 is 13.2 Å². The molecule has 19 heavy (non-hydrogen) atoms. The summed E-state index contributed by atoms with van der Waals surface area (Å²) in [6.07, 6.45) is 1.10. The summed E-state index contributed by atoms with van der Waals surface area (Å²) in [6.45, 7) is 5.54. The summed E-state index contributed by atoms with van der Waals surface area (Å²) in [7, 11) is -3.40. The van der Waals surface area contributed by atoms with Crippen LogP contribution in [0.25, 0.3) is 0 Å². The Labute approximate surface area is 114 Å². The van der Waals surface area contributed by atoms with Crippen LogP contribution in [0.4, 0.5) is 5.69 Å². The molecular weight excluding hydrogens is 264 g/mol. The molecule has 0 radical (unpaired) electrons. The Bertz CT molecular complexity index is 574. The van der Waals surface area contributed by atoms with Crippen molar-refractivity contribution in [3.63, 3.8) is 0 Å². The molecule has 0 aromatic heterocycles. The number of sulfone groups is 1. The van der Waals surface area contributed by atoms with Crippen LogP contribution in [0.15, 0.2) is 29.2 Å². The molecule has 1 rings (SSSR count). The second-order valence-electron chi connectivity index (χ2n) is 5.60. The van der Waals surface area contributed by atoms with Crippen LogP contribution in [-0.2, 0) is 14.6 Å². The molecule has 3 N–H and O–H groups in total. The van der Waals surface area contributed by atoms with Crippen LogP contribution in [0.1, 0.15) is 20.8 Å². The van der Waals surface area contributed by atoms with Crippen molar-refractivity contribution in [2.75, 3.05) is 11.6 Å². The van der Waals surface area contributed by atoms with Crippen LogP contribution in [-0.4, -0.2) is 26.6 Å². The number of nitrogens with one attached hydrogen (secondary N) is 1. The molecule has 0 aliphatic heterocycles. The largest absolute Gasteiger partial charge is 0.324 e. The monoisotopic (exact) mass is 284 g/mol. The molecule has 0 saturated heterocycles. The summed E-state index contributed by atoms with van der Waals surface area (Å²) in [5.74, 6) is -0.399. The fourth-order valence-electron chi connectivity index (χ4n) is 1.50. The number of rotatable bonds is 3. The van der Waals surface area contributed by atoms with Crippen LogP contribution in [0.5, 0.6) is 0 Å². The van der Waals surface area contributed by atoms with Gasteiger partial charge in [0.2, 0.25) is 5.91 Å². The maximum Gasteiger partial charge on any atom is 0.241 e. The quantitative estimate of drug-likeness (QED) is 0.878. The van der Waals surface area contributed by atoms with Crippen molar-refractivity contribution in [2.45, 2.75) is 31.7 Å². The van der Waals surface area contributed by atoms with Crippen molar-refractivity contribution in [3.05, 3.63) is 24.3 Å². The Balaban J connectivity index is 3.05. The van der Waals surface area contributed by atoms with Crippen LogP contribution >= 0.6 is 0 Å². The minimum Gasteiger partial charge on any atom is -0.324 e. The lowest BCUT2D eigenvalue weighted by Crippen LogP contribution is -2.45. The lowest BCUT2D eigenvalue weighted by atomic mass is 9.87. The van der Waals surface area contributed by atoms with Gasteiger partial charge in [-0.25, -0.2) is 8.42 Å². The van der Waals surface area contributed by atoms with Gasteiger partial charge in [0.05, 0.1) is 16.6 Å². The average Bonchev–Trinajstić information content (AvgIpc) is 2.26. The molecule has 0 unspecified atom stereocenters. The van der Waals surface area contributed by atoms with Gasteiger partial charge in [-0.3, -0.25) is 4.79 Å². The Kier molecular flexibility index (Phi) is 4.37. The second kappa shape index (κ2) is 5.30. The summed E-state index contributed by atoms with van der Waals surface area (Å²) in [4.78, 5) is 12.1. The normalized spacial score (nSPS) is 13.9.